The summed E-state index contributed by atoms with van der Waals surface area (Å²) in [7, 11) is 0. The van der Waals surface area contributed by atoms with Crippen LogP contribution in [-0.2, 0) is 9.53 Å². The summed E-state index contributed by atoms with van der Waals surface area (Å²) in [6.45, 7) is 2.89. The van der Waals surface area contributed by atoms with E-state index in [1.807, 2.05) is 0 Å². The molecule has 152 valence electrons. The second-order valence-electron chi connectivity index (χ2n) is 6.97. The Hall–Kier alpha value is -2.45. The van der Waals surface area contributed by atoms with Gasteiger partial charge in [-0.15, -0.1) is 0 Å². The molecule has 8 heteroatoms. The fourth-order valence-corrected chi connectivity index (χ4v) is 3.76. The van der Waals surface area contributed by atoms with Crippen LogP contribution < -0.4 is 5.32 Å². The van der Waals surface area contributed by atoms with Crippen molar-refractivity contribution in [3.8, 4) is 0 Å². The topological polar surface area (TPSA) is 94.7 Å². The van der Waals surface area contributed by atoms with Crippen molar-refractivity contribution in [3.63, 3.8) is 0 Å². The fraction of sp³-hybridized carbons (Fsp3) is 0.500. The number of carbonyl (C=O) groups is 2. The van der Waals surface area contributed by atoms with E-state index in [9.17, 15) is 19.1 Å². The summed E-state index contributed by atoms with van der Waals surface area (Å²) in [6, 6.07) is 4.24. The number of halogens is 1. The number of carbonyl (C=O) groups excluding carboxylic acids is 2. The van der Waals surface area contributed by atoms with Crippen LogP contribution in [0.1, 0.15) is 43.1 Å². The monoisotopic (exact) mass is 391 g/mol. The number of aromatic amines is 1. The van der Waals surface area contributed by atoms with Gasteiger partial charge in [0.2, 0.25) is 5.91 Å². The summed E-state index contributed by atoms with van der Waals surface area (Å²) in [6.07, 6.45) is 3.65. The molecule has 3 rings (SSSR count). The third-order valence-electron chi connectivity index (χ3n) is 5.06. The van der Waals surface area contributed by atoms with Gasteiger partial charge in [-0.2, -0.15) is 0 Å². The average Bonchev–Trinajstić information content (AvgIpc) is 3.01. The number of aliphatic hydroxyl groups is 1. The van der Waals surface area contributed by atoms with E-state index in [1.165, 1.54) is 18.2 Å². The molecule has 1 amide bonds. The molecule has 3 N–H and O–H groups in total. The number of aliphatic hydroxyl groups excluding tert-OH is 1. The molecular weight excluding hydrogens is 365 g/mol. The highest BCUT2D eigenvalue weighted by molar-refractivity contribution is 6.11. The number of nitrogens with one attached hydrogen (secondary N) is 2. The number of ether oxygens (including phenoxy) is 1. The molecule has 2 heterocycles. The van der Waals surface area contributed by atoms with Gasteiger partial charge in [0, 0.05) is 23.6 Å². The minimum atomic E-state index is -0.606. The third-order valence-corrected chi connectivity index (χ3v) is 5.06. The van der Waals surface area contributed by atoms with Crippen molar-refractivity contribution in [1.29, 1.82) is 0 Å². The summed E-state index contributed by atoms with van der Waals surface area (Å²) < 4.78 is 18.8. The van der Waals surface area contributed by atoms with Crippen LogP contribution in [0.2, 0.25) is 0 Å². The highest BCUT2D eigenvalue weighted by atomic mass is 19.1. The van der Waals surface area contributed by atoms with E-state index >= 15 is 0 Å². The van der Waals surface area contributed by atoms with Crippen LogP contribution in [0.25, 0.3) is 10.9 Å². The van der Waals surface area contributed by atoms with Gasteiger partial charge >= 0.3 is 5.97 Å². The van der Waals surface area contributed by atoms with Gasteiger partial charge in [-0.25, -0.2) is 9.18 Å². The van der Waals surface area contributed by atoms with Gasteiger partial charge in [-0.3, -0.25) is 9.69 Å². The van der Waals surface area contributed by atoms with Crippen LogP contribution in [0, 0.1) is 5.82 Å². The van der Waals surface area contributed by atoms with Crippen molar-refractivity contribution in [2.24, 2.45) is 0 Å². The Morgan fingerprint density at radius 2 is 2.21 bits per heavy atom. The predicted octanol–water partition coefficient (Wildman–Crippen LogP) is 2.66. The van der Waals surface area contributed by atoms with Gasteiger partial charge in [0.25, 0.3) is 0 Å². The Labute approximate surface area is 162 Å². The van der Waals surface area contributed by atoms with Gasteiger partial charge in [0.15, 0.2) is 0 Å². The average molecular weight is 391 g/mol. The maximum atomic E-state index is 13.7. The fourth-order valence-electron chi connectivity index (χ4n) is 3.76. The first-order valence-electron chi connectivity index (χ1n) is 9.66. The normalized spacial score (nSPS) is 17.6. The molecule has 1 saturated heterocycles. The number of amides is 1. The Bertz CT molecular complexity index is 849. The molecule has 0 saturated carbocycles. The van der Waals surface area contributed by atoms with E-state index < -0.39 is 11.8 Å². The van der Waals surface area contributed by atoms with E-state index in [0.717, 1.165) is 25.8 Å². The van der Waals surface area contributed by atoms with Crippen molar-refractivity contribution in [1.82, 2.24) is 9.88 Å². The Kier molecular flexibility index (Phi) is 6.64. The number of benzene rings is 1. The Balaban J connectivity index is 1.83. The zero-order chi connectivity index (χ0) is 20.1. The lowest BCUT2D eigenvalue weighted by molar-refractivity contribution is -0.118. The van der Waals surface area contributed by atoms with Crippen LogP contribution in [0.15, 0.2) is 18.2 Å². The number of hydrogen-bond acceptors (Lipinski definition) is 5. The molecule has 28 heavy (non-hydrogen) atoms. The lowest BCUT2D eigenvalue weighted by Gasteiger charge is -2.34. The summed E-state index contributed by atoms with van der Waals surface area (Å²) in [5, 5.41) is 12.4. The molecule has 0 spiro atoms. The molecular formula is C20H26FN3O4. The molecule has 0 aliphatic carbocycles. The molecule has 1 aromatic heterocycles. The third kappa shape index (κ3) is 4.51. The molecule has 1 fully saturated rings. The predicted molar refractivity (Wildman–Crippen MR) is 104 cm³/mol. The Morgan fingerprint density at radius 1 is 1.39 bits per heavy atom. The first kappa shape index (κ1) is 20.3. The summed E-state index contributed by atoms with van der Waals surface area (Å²) in [5.74, 6) is -1.36. The Morgan fingerprint density at radius 3 is 2.96 bits per heavy atom. The second kappa shape index (κ2) is 9.16. The number of esters is 1. The molecule has 1 atom stereocenters. The number of hydrogen-bond donors (Lipinski definition) is 3. The minimum absolute atomic E-state index is 0.0809. The van der Waals surface area contributed by atoms with Gasteiger partial charge in [-0.1, -0.05) is 6.42 Å². The molecule has 0 bridgehead atoms. The largest absolute Gasteiger partial charge is 0.461 e. The van der Waals surface area contributed by atoms with E-state index in [4.69, 9.17) is 4.74 Å². The van der Waals surface area contributed by atoms with E-state index in [1.54, 1.807) is 6.92 Å². The van der Waals surface area contributed by atoms with Crippen molar-refractivity contribution in [2.45, 2.75) is 38.6 Å². The molecule has 2 aromatic rings. The molecule has 1 aliphatic rings. The SMILES string of the molecule is CCOC(=O)c1[nH]c2ccc(F)cc2c1NC(=O)CN1CCCC[C@@H]1CCO. The standard InChI is InChI=1S/C20H26FN3O4/c1-2-28-20(27)19-18(15-11-13(21)6-7-16(15)22-19)23-17(26)12-24-9-4-3-5-14(24)8-10-25/h6-7,11,14,22,25H,2-5,8-10,12H2,1H3,(H,23,26)/t14-/m1/s1. The van der Waals surface area contributed by atoms with Crippen LogP contribution in [0.5, 0.6) is 0 Å². The zero-order valence-electron chi connectivity index (χ0n) is 16.0. The highest BCUT2D eigenvalue weighted by Gasteiger charge is 2.26. The molecule has 0 unspecified atom stereocenters. The number of anilines is 1. The summed E-state index contributed by atoms with van der Waals surface area (Å²) in [4.78, 5) is 30.0. The first-order valence-corrected chi connectivity index (χ1v) is 9.66. The van der Waals surface area contributed by atoms with Crippen molar-refractivity contribution in [2.75, 3.05) is 31.6 Å². The van der Waals surface area contributed by atoms with Gasteiger partial charge in [0.1, 0.15) is 11.5 Å². The molecule has 0 radical (unpaired) electrons. The molecule has 1 aliphatic heterocycles. The first-order chi connectivity index (χ1) is 13.5. The number of nitrogens with zero attached hydrogens (tertiary/aromatic N) is 1. The lowest BCUT2D eigenvalue weighted by Crippen LogP contribution is -2.44. The number of likely N-dealkylation sites (tertiary alicyclic amines) is 1. The van der Waals surface area contributed by atoms with Crippen LogP contribution in [0.4, 0.5) is 10.1 Å². The number of aromatic nitrogens is 1. The van der Waals surface area contributed by atoms with Crippen molar-refractivity contribution >= 4 is 28.5 Å². The van der Waals surface area contributed by atoms with Crippen molar-refractivity contribution in [3.05, 3.63) is 29.7 Å². The zero-order valence-corrected chi connectivity index (χ0v) is 16.0. The van der Waals surface area contributed by atoms with Crippen molar-refractivity contribution < 1.29 is 23.8 Å². The molecule has 7 nitrogen and oxygen atoms in total. The summed E-state index contributed by atoms with van der Waals surface area (Å²) >= 11 is 0. The minimum Gasteiger partial charge on any atom is -0.461 e. The molecule has 1 aromatic carbocycles. The van der Waals surface area contributed by atoms with E-state index in [2.05, 4.69) is 15.2 Å². The number of H-pyrrole nitrogens is 1. The maximum absolute atomic E-state index is 13.7. The maximum Gasteiger partial charge on any atom is 0.356 e. The second-order valence-corrected chi connectivity index (χ2v) is 6.97. The van der Waals surface area contributed by atoms with Crippen LogP contribution in [-0.4, -0.2) is 59.2 Å². The van der Waals surface area contributed by atoms with E-state index in [-0.39, 0.29) is 43.1 Å². The van der Waals surface area contributed by atoms with Crippen LogP contribution in [0.3, 0.4) is 0 Å². The number of piperidine rings is 1. The number of rotatable bonds is 7. The summed E-state index contributed by atoms with van der Waals surface area (Å²) in [5.41, 5.74) is 0.867. The van der Waals surface area contributed by atoms with E-state index in [0.29, 0.717) is 17.3 Å². The van der Waals surface area contributed by atoms with Crippen LogP contribution >= 0.6 is 0 Å². The lowest BCUT2D eigenvalue weighted by atomic mass is 9.99. The highest BCUT2D eigenvalue weighted by Crippen LogP contribution is 2.29. The van der Waals surface area contributed by atoms with Gasteiger partial charge < -0.3 is 20.1 Å². The number of fused-ring (bicyclic) bond motifs is 1. The van der Waals surface area contributed by atoms with Gasteiger partial charge in [0.05, 0.1) is 18.8 Å². The quantitative estimate of drug-likeness (QED) is 0.631. The smallest absolute Gasteiger partial charge is 0.356 e. The van der Waals surface area contributed by atoms with Gasteiger partial charge in [-0.05, 0) is 50.9 Å².